The van der Waals surface area contributed by atoms with E-state index < -0.39 is 0 Å². The topological polar surface area (TPSA) is 50.2 Å². The Balaban J connectivity index is 1.76. The number of carbonyl (C=O) groups is 1. The number of nitrogens with zero attached hydrogens (tertiary/aromatic N) is 3. The first-order valence-corrected chi connectivity index (χ1v) is 8.03. The van der Waals surface area contributed by atoms with Crippen LogP contribution < -0.4 is 5.32 Å². The molecule has 23 heavy (non-hydrogen) atoms. The van der Waals surface area contributed by atoms with Gasteiger partial charge in [-0.1, -0.05) is 37.3 Å². The highest BCUT2D eigenvalue weighted by molar-refractivity contribution is 5.83. The maximum absolute atomic E-state index is 12.9. The van der Waals surface area contributed by atoms with Gasteiger partial charge in [0, 0.05) is 37.3 Å². The van der Waals surface area contributed by atoms with Gasteiger partial charge in [-0.3, -0.25) is 9.48 Å². The summed E-state index contributed by atoms with van der Waals surface area (Å²) < 4.78 is 1.73. The van der Waals surface area contributed by atoms with Crippen LogP contribution in [-0.2, 0) is 17.3 Å². The number of hydrogen-bond acceptors (Lipinski definition) is 3. The van der Waals surface area contributed by atoms with Crippen LogP contribution in [0, 0.1) is 0 Å². The summed E-state index contributed by atoms with van der Waals surface area (Å²) in [6, 6.07) is 10.1. The summed E-state index contributed by atoms with van der Waals surface area (Å²) >= 11 is 0. The van der Waals surface area contributed by atoms with E-state index in [1.54, 1.807) is 10.9 Å². The Labute approximate surface area is 137 Å². The zero-order chi connectivity index (χ0) is 16.4. The van der Waals surface area contributed by atoms with Gasteiger partial charge in [-0.05, 0) is 19.0 Å². The molecule has 2 aromatic rings. The lowest BCUT2D eigenvalue weighted by atomic mass is 9.82. The SMILES string of the molecule is CNC(C(=O)N1CCC(C)(c2ccccc2)C1)c1cnn(C)c1. The van der Waals surface area contributed by atoms with Gasteiger partial charge in [0.25, 0.3) is 0 Å². The number of carbonyl (C=O) groups excluding carboxylic acids is 1. The molecule has 1 N–H and O–H groups in total. The third kappa shape index (κ3) is 3.01. The Kier molecular flexibility index (Phi) is 4.22. The molecule has 5 heteroatoms. The molecular weight excluding hydrogens is 288 g/mol. The minimum atomic E-state index is -0.332. The van der Waals surface area contributed by atoms with Gasteiger partial charge in [0.2, 0.25) is 5.91 Å². The lowest BCUT2D eigenvalue weighted by Gasteiger charge is -2.27. The fraction of sp³-hybridized carbons (Fsp3) is 0.444. The number of aryl methyl sites for hydroxylation is 1. The third-order valence-electron chi connectivity index (χ3n) is 4.85. The van der Waals surface area contributed by atoms with E-state index in [1.807, 2.05) is 31.3 Å². The molecule has 5 nitrogen and oxygen atoms in total. The van der Waals surface area contributed by atoms with E-state index >= 15 is 0 Å². The largest absolute Gasteiger partial charge is 0.340 e. The zero-order valence-corrected chi connectivity index (χ0v) is 14.0. The van der Waals surface area contributed by atoms with E-state index in [4.69, 9.17) is 0 Å². The fourth-order valence-corrected chi connectivity index (χ4v) is 3.43. The Morgan fingerprint density at radius 3 is 2.70 bits per heavy atom. The highest BCUT2D eigenvalue weighted by atomic mass is 16.2. The molecule has 1 aliphatic heterocycles. The Morgan fingerprint density at radius 1 is 1.35 bits per heavy atom. The number of rotatable bonds is 4. The molecule has 1 amide bonds. The van der Waals surface area contributed by atoms with Crippen LogP contribution in [0.25, 0.3) is 0 Å². The van der Waals surface area contributed by atoms with Crippen molar-refractivity contribution < 1.29 is 4.79 Å². The first kappa shape index (κ1) is 15.7. The molecule has 0 aliphatic carbocycles. The van der Waals surface area contributed by atoms with Gasteiger partial charge in [0.05, 0.1) is 6.20 Å². The van der Waals surface area contributed by atoms with Crippen molar-refractivity contribution in [1.29, 1.82) is 0 Å². The standard InChI is InChI=1S/C18H24N4O/c1-18(15-7-5-4-6-8-15)9-10-22(13-18)17(23)16(19-2)14-11-20-21(3)12-14/h4-8,11-12,16,19H,9-10,13H2,1-3H3. The van der Waals surface area contributed by atoms with Crippen LogP contribution in [0.2, 0.25) is 0 Å². The lowest BCUT2D eigenvalue weighted by molar-refractivity contribution is -0.132. The summed E-state index contributed by atoms with van der Waals surface area (Å²) in [4.78, 5) is 14.9. The molecule has 0 bridgehead atoms. The second-order valence-corrected chi connectivity index (χ2v) is 6.61. The van der Waals surface area contributed by atoms with E-state index in [9.17, 15) is 4.79 Å². The second kappa shape index (κ2) is 6.16. The van der Waals surface area contributed by atoms with Crippen LogP contribution in [0.15, 0.2) is 42.7 Å². The average molecular weight is 312 g/mol. The van der Waals surface area contributed by atoms with E-state index in [0.29, 0.717) is 0 Å². The lowest BCUT2D eigenvalue weighted by Crippen LogP contribution is -2.40. The van der Waals surface area contributed by atoms with Gasteiger partial charge >= 0.3 is 0 Å². The van der Waals surface area contributed by atoms with Crippen LogP contribution >= 0.6 is 0 Å². The van der Waals surface area contributed by atoms with Crippen LogP contribution in [0.1, 0.15) is 30.5 Å². The van der Waals surface area contributed by atoms with Crippen molar-refractivity contribution in [2.24, 2.45) is 7.05 Å². The van der Waals surface area contributed by atoms with E-state index in [-0.39, 0.29) is 17.4 Å². The number of aromatic nitrogens is 2. The van der Waals surface area contributed by atoms with Crippen LogP contribution in [0.4, 0.5) is 0 Å². The minimum absolute atomic E-state index is 0.0319. The Hall–Kier alpha value is -2.14. The molecule has 2 heterocycles. The summed E-state index contributed by atoms with van der Waals surface area (Å²) in [5.74, 6) is 0.125. The predicted octanol–water partition coefficient (Wildman–Crippen LogP) is 1.87. The summed E-state index contributed by atoms with van der Waals surface area (Å²) in [5, 5.41) is 7.31. The van der Waals surface area contributed by atoms with Gasteiger partial charge < -0.3 is 10.2 Å². The molecule has 1 aromatic carbocycles. The molecule has 2 unspecified atom stereocenters. The monoisotopic (exact) mass is 312 g/mol. The van der Waals surface area contributed by atoms with Gasteiger partial charge in [0.15, 0.2) is 0 Å². The quantitative estimate of drug-likeness (QED) is 0.938. The van der Waals surface area contributed by atoms with E-state index in [2.05, 4.69) is 41.6 Å². The van der Waals surface area contributed by atoms with Crippen molar-refractivity contribution in [3.8, 4) is 0 Å². The Bertz CT molecular complexity index is 681. The Morgan fingerprint density at radius 2 is 2.09 bits per heavy atom. The average Bonchev–Trinajstić information content (AvgIpc) is 3.16. The van der Waals surface area contributed by atoms with Crippen LogP contribution in [-0.4, -0.2) is 40.7 Å². The first-order valence-electron chi connectivity index (χ1n) is 8.03. The normalized spacial score (nSPS) is 22.3. The maximum Gasteiger partial charge on any atom is 0.244 e. The second-order valence-electron chi connectivity index (χ2n) is 6.61. The summed E-state index contributed by atoms with van der Waals surface area (Å²) in [6.07, 6.45) is 4.64. The molecule has 1 fully saturated rings. The number of amides is 1. The first-order chi connectivity index (χ1) is 11.0. The molecule has 0 saturated carbocycles. The van der Waals surface area contributed by atoms with Gasteiger partial charge in [0.1, 0.15) is 6.04 Å². The molecule has 122 valence electrons. The fourth-order valence-electron chi connectivity index (χ4n) is 3.43. The molecule has 0 spiro atoms. The highest BCUT2D eigenvalue weighted by Crippen LogP contribution is 2.35. The zero-order valence-electron chi connectivity index (χ0n) is 14.0. The van der Waals surface area contributed by atoms with E-state index in [1.165, 1.54) is 5.56 Å². The number of likely N-dealkylation sites (N-methyl/N-ethyl adjacent to an activating group) is 1. The number of nitrogens with one attached hydrogen (secondary N) is 1. The van der Waals surface area contributed by atoms with Crippen molar-refractivity contribution in [1.82, 2.24) is 20.0 Å². The van der Waals surface area contributed by atoms with Gasteiger partial charge in [-0.15, -0.1) is 0 Å². The van der Waals surface area contributed by atoms with Crippen molar-refractivity contribution in [2.45, 2.75) is 24.8 Å². The summed E-state index contributed by atoms with van der Waals surface area (Å²) in [6.45, 7) is 3.80. The van der Waals surface area contributed by atoms with Crippen molar-refractivity contribution in [3.63, 3.8) is 0 Å². The predicted molar refractivity (Wildman–Crippen MR) is 90.0 cm³/mol. The molecule has 1 aliphatic rings. The molecule has 3 rings (SSSR count). The highest BCUT2D eigenvalue weighted by Gasteiger charge is 2.39. The van der Waals surface area contributed by atoms with Crippen molar-refractivity contribution in [2.75, 3.05) is 20.1 Å². The molecule has 2 atom stereocenters. The molecule has 1 saturated heterocycles. The van der Waals surface area contributed by atoms with Gasteiger partial charge in [-0.25, -0.2) is 0 Å². The van der Waals surface area contributed by atoms with Crippen molar-refractivity contribution in [3.05, 3.63) is 53.9 Å². The number of benzene rings is 1. The smallest absolute Gasteiger partial charge is 0.244 e. The van der Waals surface area contributed by atoms with E-state index in [0.717, 1.165) is 25.1 Å². The maximum atomic E-state index is 12.9. The summed E-state index contributed by atoms with van der Waals surface area (Å²) in [7, 11) is 3.69. The number of likely N-dealkylation sites (tertiary alicyclic amines) is 1. The molecular formula is C18H24N4O. The van der Waals surface area contributed by atoms with Crippen molar-refractivity contribution >= 4 is 5.91 Å². The van der Waals surface area contributed by atoms with Crippen LogP contribution in [0.5, 0.6) is 0 Å². The number of hydrogen-bond donors (Lipinski definition) is 1. The van der Waals surface area contributed by atoms with Gasteiger partial charge in [-0.2, -0.15) is 5.10 Å². The summed E-state index contributed by atoms with van der Waals surface area (Å²) in [5.41, 5.74) is 2.25. The minimum Gasteiger partial charge on any atom is -0.340 e. The third-order valence-corrected chi connectivity index (χ3v) is 4.85. The van der Waals surface area contributed by atoms with Crippen LogP contribution in [0.3, 0.4) is 0 Å². The molecule has 0 radical (unpaired) electrons. The molecule has 1 aromatic heterocycles.